The number of aliphatic hydroxyl groups excluding tert-OH is 1. The third kappa shape index (κ3) is 1.20. The van der Waals surface area contributed by atoms with Crippen molar-refractivity contribution >= 4 is 11.5 Å². The van der Waals surface area contributed by atoms with Crippen LogP contribution in [0, 0.1) is 0 Å². The Morgan fingerprint density at radius 2 is 2.54 bits per heavy atom. The quantitative estimate of drug-likeness (QED) is 0.603. The van der Waals surface area contributed by atoms with Crippen LogP contribution >= 0.6 is 0 Å². The Hall–Kier alpha value is -1.69. The average molecular weight is 182 g/mol. The van der Waals surface area contributed by atoms with Gasteiger partial charge in [-0.15, -0.1) is 0 Å². The van der Waals surface area contributed by atoms with E-state index in [-0.39, 0.29) is 13.2 Å². The monoisotopic (exact) mass is 182 g/mol. The predicted molar refractivity (Wildman–Crippen MR) is 46.5 cm³/mol. The van der Waals surface area contributed by atoms with E-state index in [1.54, 1.807) is 16.8 Å². The molecular weight excluding hydrogens is 172 g/mol. The second-order valence-corrected chi connectivity index (χ2v) is 2.53. The highest BCUT2D eigenvalue weighted by atomic mass is 16.5. The van der Waals surface area contributed by atoms with Crippen LogP contribution in [0.2, 0.25) is 0 Å². The van der Waals surface area contributed by atoms with Crippen LogP contribution in [0.25, 0.3) is 5.65 Å². The number of nitrogens with one attached hydrogen (secondary N) is 1. The van der Waals surface area contributed by atoms with Crippen molar-refractivity contribution in [2.24, 2.45) is 0 Å². The van der Waals surface area contributed by atoms with E-state index in [1.807, 2.05) is 0 Å². The lowest BCUT2D eigenvalue weighted by Crippen LogP contribution is -2.04. The van der Waals surface area contributed by atoms with Crippen LogP contribution in [0.1, 0.15) is 0 Å². The Morgan fingerprint density at radius 3 is 3.23 bits per heavy atom. The Morgan fingerprint density at radius 1 is 1.69 bits per heavy atom. The molecule has 0 saturated heterocycles. The van der Waals surface area contributed by atoms with E-state index in [0.29, 0.717) is 17.3 Å². The molecule has 13 heavy (non-hydrogen) atoms. The molecule has 0 aliphatic carbocycles. The van der Waals surface area contributed by atoms with Crippen LogP contribution in [-0.2, 0) is 0 Å². The Kier molecular flexibility index (Phi) is 1.82. The number of nitrogens with two attached hydrogens (primary N) is 1. The molecule has 6 nitrogen and oxygen atoms in total. The fourth-order valence-electron chi connectivity index (χ4n) is 1.11. The molecule has 70 valence electrons. The predicted octanol–water partition coefficient (Wildman–Crippen LogP) is -0.384. The molecule has 0 unspecified atom stereocenters. The zero-order valence-electron chi connectivity index (χ0n) is 6.90. The number of ether oxygens (including phenoxy) is 1. The van der Waals surface area contributed by atoms with Gasteiger partial charge in [0.1, 0.15) is 6.61 Å². The number of fused-ring (bicyclic) bond motifs is 1. The van der Waals surface area contributed by atoms with Crippen molar-refractivity contribution in [1.29, 1.82) is 0 Å². The number of nitrogen functional groups attached to an aromatic ring is 1. The Labute approximate surface area is 73.9 Å². The van der Waals surface area contributed by atoms with E-state index in [1.165, 1.54) is 0 Å². The highest BCUT2D eigenvalue weighted by Gasteiger charge is 2.09. The highest BCUT2D eigenvalue weighted by molar-refractivity contribution is 5.54. The van der Waals surface area contributed by atoms with Crippen molar-refractivity contribution in [3.63, 3.8) is 0 Å². The second kappa shape index (κ2) is 2.98. The summed E-state index contributed by atoms with van der Waals surface area (Å²) in [7, 11) is 0. The standard InChI is InChI=1S/C7H10N4O2/c8-6-7(13-4-3-12)10-5-1-2-9-11(5)6/h1-2,9,12H,3-4,8H2. The van der Waals surface area contributed by atoms with Crippen molar-refractivity contribution in [3.8, 4) is 5.88 Å². The summed E-state index contributed by atoms with van der Waals surface area (Å²) in [6.07, 6.45) is 1.73. The lowest BCUT2D eigenvalue weighted by molar-refractivity contribution is 0.198. The number of aromatic nitrogens is 3. The van der Waals surface area contributed by atoms with Gasteiger partial charge in [0.15, 0.2) is 11.5 Å². The second-order valence-electron chi connectivity index (χ2n) is 2.53. The first-order valence-electron chi connectivity index (χ1n) is 3.88. The maximum absolute atomic E-state index is 8.54. The minimum Gasteiger partial charge on any atom is -0.473 e. The molecule has 2 heterocycles. The molecule has 0 aliphatic heterocycles. The lowest BCUT2D eigenvalue weighted by Gasteiger charge is -1.99. The fourth-order valence-corrected chi connectivity index (χ4v) is 1.11. The SMILES string of the molecule is Nc1c(OCCO)nc2cc[nH]n12. The van der Waals surface area contributed by atoms with Gasteiger partial charge < -0.3 is 15.6 Å². The molecule has 0 saturated carbocycles. The maximum atomic E-state index is 8.54. The molecule has 0 fully saturated rings. The number of anilines is 1. The summed E-state index contributed by atoms with van der Waals surface area (Å²) in [6.45, 7) is 0.148. The molecule has 0 aromatic carbocycles. The maximum Gasteiger partial charge on any atom is 0.259 e. The third-order valence-electron chi connectivity index (χ3n) is 1.67. The highest BCUT2D eigenvalue weighted by Crippen LogP contribution is 2.20. The van der Waals surface area contributed by atoms with Crippen molar-refractivity contribution in [2.45, 2.75) is 0 Å². The van der Waals surface area contributed by atoms with Crippen LogP contribution in [0.5, 0.6) is 5.88 Å². The molecule has 0 spiro atoms. The zero-order valence-corrected chi connectivity index (χ0v) is 6.90. The molecule has 2 rings (SSSR count). The van der Waals surface area contributed by atoms with Gasteiger partial charge in [0, 0.05) is 12.3 Å². The van der Waals surface area contributed by atoms with Crippen molar-refractivity contribution in [2.75, 3.05) is 18.9 Å². The Balaban J connectivity index is 2.34. The van der Waals surface area contributed by atoms with Gasteiger partial charge in [0.05, 0.1) is 6.61 Å². The summed E-state index contributed by atoms with van der Waals surface area (Å²) >= 11 is 0. The number of rotatable bonds is 3. The molecule has 2 aromatic heterocycles. The van der Waals surface area contributed by atoms with Crippen LogP contribution < -0.4 is 10.5 Å². The van der Waals surface area contributed by atoms with E-state index >= 15 is 0 Å². The number of hydrogen-bond donors (Lipinski definition) is 3. The van der Waals surface area contributed by atoms with Gasteiger partial charge >= 0.3 is 0 Å². The number of imidazole rings is 1. The van der Waals surface area contributed by atoms with E-state index in [4.69, 9.17) is 15.6 Å². The first-order valence-corrected chi connectivity index (χ1v) is 3.88. The molecule has 4 N–H and O–H groups in total. The van der Waals surface area contributed by atoms with Gasteiger partial charge in [-0.05, 0) is 0 Å². The van der Waals surface area contributed by atoms with E-state index < -0.39 is 0 Å². The van der Waals surface area contributed by atoms with Crippen LogP contribution in [0.3, 0.4) is 0 Å². The lowest BCUT2D eigenvalue weighted by atomic mass is 10.7. The molecule has 6 heteroatoms. The van der Waals surface area contributed by atoms with Gasteiger partial charge in [0.25, 0.3) is 5.88 Å². The molecule has 0 aliphatic rings. The Bertz CT molecular complexity index is 405. The smallest absolute Gasteiger partial charge is 0.259 e. The van der Waals surface area contributed by atoms with E-state index in [0.717, 1.165) is 0 Å². The van der Waals surface area contributed by atoms with Crippen molar-refractivity contribution < 1.29 is 9.84 Å². The summed E-state index contributed by atoms with van der Waals surface area (Å²) in [6, 6.07) is 1.78. The molecular formula is C7H10N4O2. The minimum atomic E-state index is -0.0507. The summed E-state index contributed by atoms with van der Waals surface area (Å²) in [5.74, 6) is 0.759. The topological polar surface area (TPSA) is 88.6 Å². The van der Waals surface area contributed by atoms with Gasteiger partial charge in [-0.3, -0.25) is 5.10 Å². The van der Waals surface area contributed by atoms with Crippen LogP contribution in [0.15, 0.2) is 12.3 Å². The number of hydrogen-bond acceptors (Lipinski definition) is 4. The fraction of sp³-hybridized carbons (Fsp3) is 0.286. The van der Waals surface area contributed by atoms with Gasteiger partial charge in [-0.1, -0.05) is 0 Å². The first-order chi connectivity index (χ1) is 6.33. The number of aliphatic hydroxyl groups is 1. The number of H-pyrrole nitrogens is 1. The number of aromatic amines is 1. The van der Waals surface area contributed by atoms with Crippen LogP contribution in [-0.4, -0.2) is 32.9 Å². The third-order valence-corrected chi connectivity index (χ3v) is 1.67. The molecule has 0 bridgehead atoms. The van der Waals surface area contributed by atoms with E-state index in [9.17, 15) is 0 Å². The molecule has 0 atom stereocenters. The molecule has 2 aromatic rings. The average Bonchev–Trinajstić information content (AvgIpc) is 2.67. The normalized spacial score (nSPS) is 10.8. The number of nitrogens with zero attached hydrogens (tertiary/aromatic N) is 2. The summed E-state index contributed by atoms with van der Waals surface area (Å²) < 4.78 is 6.71. The van der Waals surface area contributed by atoms with E-state index in [2.05, 4.69) is 10.1 Å². The largest absolute Gasteiger partial charge is 0.473 e. The first kappa shape index (κ1) is 7.93. The molecule has 0 amide bonds. The van der Waals surface area contributed by atoms with Crippen molar-refractivity contribution in [1.82, 2.24) is 14.6 Å². The van der Waals surface area contributed by atoms with Crippen molar-refractivity contribution in [3.05, 3.63) is 12.3 Å². The summed E-state index contributed by atoms with van der Waals surface area (Å²) in [5.41, 5.74) is 6.39. The zero-order chi connectivity index (χ0) is 9.26. The minimum absolute atomic E-state index is 0.0507. The summed E-state index contributed by atoms with van der Waals surface area (Å²) in [4.78, 5) is 4.08. The molecule has 0 radical (unpaired) electrons. The van der Waals surface area contributed by atoms with Crippen LogP contribution in [0.4, 0.5) is 5.82 Å². The van der Waals surface area contributed by atoms with Gasteiger partial charge in [-0.2, -0.15) is 4.98 Å². The van der Waals surface area contributed by atoms with Gasteiger partial charge in [-0.25, -0.2) is 4.52 Å². The van der Waals surface area contributed by atoms with Gasteiger partial charge in [0.2, 0.25) is 0 Å². The summed E-state index contributed by atoms with van der Waals surface area (Å²) in [5, 5.41) is 11.4.